The predicted molar refractivity (Wildman–Crippen MR) is 105 cm³/mol. The molecule has 4 rings (SSSR count). The smallest absolute Gasteiger partial charge is 0.0591 e. The van der Waals surface area contributed by atoms with E-state index in [1.165, 1.54) is 41.3 Å². The minimum absolute atomic E-state index is 0. The number of benzene rings is 1. The number of thiophene rings is 1. The Hall–Kier alpha value is -0.540. The summed E-state index contributed by atoms with van der Waals surface area (Å²) in [6.07, 6.45) is 5.46. The highest BCUT2D eigenvalue weighted by atomic mass is 35.5. The van der Waals surface area contributed by atoms with Gasteiger partial charge in [-0.25, -0.2) is 0 Å². The average molecular weight is 368 g/mol. The van der Waals surface area contributed by atoms with Crippen LogP contribution < -0.4 is 0 Å². The van der Waals surface area contributed by atoms with Crippen LogP contribution in [0, 0.1) is 11.8 Å². The molecule has 0 N–H and O–H groups in total. The fourth-order valence-electron chi connectivity index (χ4n) is 4.41. The van der Waals surface area contributed by atoms with Crippen LogP contribution in [-0.4, -0.2) is 25.5 Å². The highest BCUT2D eigenvalue weighted by Crippen LogP contribution is 2.49. The van der Waals surface area contributed by atoms with Crippen LogP contribution in [0.2, 0.25) is 5.02 Å². The maximum absolute atomic E-state index is 6.37. The van der Waals surface area contributed by atoms with Gasteiger partial charge in [0.15, 0.2) is 0 Å². The summed E-state index contributed by atoms with van der Waals surface area (Å²) in [6.45, 7) is 1.09. The Labute approximate surface area is 153 Å². The van der Waals surface area contributed by atoms with Crippen molar-refractivity contribution in [2.45, 2.75) is 25.7 Å². The number of hydrogen-bond donors (Lipinski definition) is 0. The Morgan fingerprint density at radius 3 is 2.87 bits per heavy atom. The zero-order valence-corrected chi connectivity index (χ0v) is 16.0. The van der Waals surface area contributed by atoms with E-state index in [1.807, 2.05) is 0 Å². The van der Waals surface area contributed by atoms with E-state index in [9.17, 15) is 0 Å². The molecule has 2 aromatic rings. The van der Waals surface area contributed by atoms with Crippen LogP contribution in [0.5, 0.6) is 0 Å². The molecule has 1 heterocycles. The van der Waals surface area contributed by atoms with Gasteiger partial charge in [0.1, 0.15) is 0 Å². The van der Waals surface area contributed by atoms with E-state index in [0.717, 1.165) is 23.4 Å². The number of allylic oxidation sites excluding steroid dienone is 1. The topological polar surface area (TPSA) is 3.24 Å². The van der Waals surface area contributed by atoms with Crippen molar-refractivity contribution in [2.24, 2.45) is 11.8 Å². The second-order valence-corrected chi connectivity index (χ2v) is 8.45. The second-order valence-electron chi connectivity index (χ2n) is 7.13. The molecule has 23 heavy (non-hydrogen) atoms. The number of halogens is 2. The summed E-state index contributed by atoms with van der Waals surface area (Å²) < 4.78 is 1.30. The van der Waals surface area contributed by atoms with E-state index in [2.05, 4.69) is 42.6 Å². The predicted octanol–water partition coefficient (Wildman–Crippen LogP) is 6.11. The first-order chi connectivity index (χ1) is 10.6. The van der Waals surface area contributed by atoms with Crippen molar-refractivity contribution in [1.82, 2.24) is 4.90 Å². The number of likely N-dealkylation sites (N-methyl/N-ethyl adjacent to an activating group) is 1. The number of hydrogen-bond acceptors (Lipinski definition) is 2. The van der Waals surface area contributed by atoms with Crippen molar-refractivity contribution in [1.29, 1.82) is 0 Å². The minimum Gasteiger partial charge on any atom is -0.305 e. The third kappa shape index (κ3) is 3.19. The molecule has 1 nitrogen and oxygen atoms in total. The quantitative estimate of drug-likeness (QED) is 0.632. The molecular formula is C19H23Cl2NS. The lowest BCUT2D eigenvalue weighted by atomic mass is 9.79. The van der Waals surface area contributed by atoms with Crippen LogP contribution in [0.4, 0.5) is 0 Å². The van der Waals surface area contributed by atoms with E-state index in [4.69, 9.17) is 11.6 Å². The lowest BCUT2D eigenvalue weighted by Gasteiger charge is -2.29. The fraction of sp³-hybridized carbons (Fsp3) is 0.474. The highest BCUT2D eigenvalue weighted by molar-refractivity contribution is 7.17. The van der Waals surface area contributed by atoms with Crippen molar-refractivity contribution in [3.8, 4) is 0 Å². The van der Waals surface area contributed by atoms with Crippen molar-refractivity contribution in [3.63, 3.8) is 0 Å². The Balaban J connectivity index is 0.00000156. The molecule has 0 aliphatic heterocycles. The zero-order valence-electron chi connectivity index (χ0n) is 13.6. The minimum atomic E-state index is 0. The molecule has 1 saturated carbocycles. The summed E-state index contributed by atoms with van der Waals surface area (Å²) in [5, 5.41) is 4.18. The van der Waals surface area contributed by atoms with Crippen molar-refractivity contribution < 1.29 is 0 Å². The van der Waals surface area contributed by atoms with Gasteiger partial charge in [0.05, 0.1) is 5.02 Å². The Morgan fingerprint density at radius 1 is 1.26 bits per heavy atom. The number of nitrogens with zero attached hydrogens (tertiary/aromatic N) is 1. The summed E-state index contributed by atoms with van der Waals surface area (Å²) in [5.74, 6) is 1.70. The molecule has 1 fully saturated rings. The van der Waals surface area contributed by atoms with Crippen LogP contribution in [0.15, 0.2) is 29.2 Å². The second kappa shape index (κ2) is 6.76. The molecule has 0 amide bonds. The largest absolute Gasteiger partial charge is 0.305 e. The molecule has 0 saturated heterocycles. The first-order valence-corrected chi connectivity index (χ1v) is 9.41. The fourth-order valence-corrected chi connectivity index (χ4v) is 5.55. The molecule has 2 atom stereocenters. The summed E-state index contributed by atoms with van der Waals surface area (Å²) in [4.78, 5) is 2.32. The first-order valence-electron chi connectivity index (χ1n) is 8.15. The van der Waals surface area contributed by atoms with Gasteiger partial charge < -0.3 is 4.90 Å². The van der Waals surface area contributed by atoms with Crippen LogP contribution in [0.1, 0.15) is 31.2 Å². The molecule has 0 spiro atoms. The molecule has 4 heteroatoms. The highest BCUT2D eigenvalue weighted by Gasteiger charge is 2.35. The lowest BCUT2D eigenvalue weighted by Crippen LogP contribution is -2.21. The van der Waals surface area contributed by atoms with Crippen molar-refractivity contribution in [2.75, 3.05) is 20.6 Å². The number of rotatable bonds is 3. The summed E-state index contributed by atoms with van der Waals surface area (Å²) in [7, 11) is 4.36. The Bertz CT molecular complexity index is 747. The molecule has 1 aromatic carbocycles. The molecule has 2 aliphatic rings. The van der Waals surface area contributed by atoms with Crippen molar-refractivity contribution in [3.05, 3.63) is 39.7 Å². The van der Waals surface area contributed by atoms with E-state index >= 15 is 0 Å². The van der Waals surface area contributed by atoms with E-state index in [0.29, 0.717) is 0 Å². The first kappa shape index (κ1) is 17.3. The molecule has 0 radical (unpaired) electrons. The van der Waals surface area contributed by atoms with Gasteiger partial charge in [-0.15, -0.1) is 23.7 Å². The molecule has 124 valence electrons. The Morgan fingerprint density at radius 2 is 2.09 bits per heavy atom. The van der Waals surface area contributed by atoms with E-state index in [-0.39, 0.29) is 12.4 Å². The monoisotopic (exact) mass is 367 g/mol. The van der Waals surface area contributed by atoms with Crippen LogP contribution in [-0.2, 0) is 0 Å². The third-order valence-corrected chi connectivity index (χ3v) is 6.62. The average Bonchev–Trinajstić information content (AvgIpc) is 3.03. The molecule has 1 aromatic heterocycles. The SMILES string of the molecule is CN(C)CC1=C(c2ccc3scc(Cl)c3c2)[C@H]2CC[C@@H](C1)C2.Cl. The molecule has 0 unspecified atom stereocenters. The van der Waals surface area contributed by atoms with E-state index < -0.39 is 0 Å². The van der Waals surface area contributed by atoms with Crippen LogP contribution >= 0.6 is 35.3 Å². The molecule has 2 bridgehead atoms. The van der Waals surface area contributed by atoms with Crippen molar-refractivity contribution >= 4 is 51.0 Å². The third-order valence-electron chi connectivity index (χ3n) is 5.21. The normalized spacial score (nSPS) is 23.7. The summed E-state index contributed by atoms with van der Waals surface area (Å²) >= 11 is 8.11. The number of fused-ring (bicyclic) bond motifs is 3. The van der Waals surface area contributed by atoms with Gasteiger partial charge >= 0.3 is 0 Å². The van der Waals surface area contributed by atoms with Crippen LogP contribution in [0.25, 0.3) is 15.7 Å². The zero-order chi connectivity index (χ0) is 15.3. The van der Waals surface area contributed by atoms with Gasteiger partial charge in [0, 0.05) is 22.0 Å². The van der Waals surface area contributed by atoms with E-state index in [1.54, 1.807) is 22.5 Å². The van der Waals surface area contributed by atoms with Gasteiger partial charge in [0.2, 0.25) is 0 Å². The van der Waals surface area contributed by atoms with Crippen LogP contribution in [0.3, 0.4) is 0 Å². The molecule has 2 aliphatic carbocycles. The summed E-state index contributed by atoms with van der Waals surface area (Å²) in [6, 6.07) is 6.90. The maximum atomic E-state index is 6.37. The standard InChI is InChI=1S/C19H22ClNS.ClH/c1-21(2)10-15-8-12-3-4-13(7-12)19(15)14-5-6-18-16(9-14)17(20)11-22-18;/h5-6,9,11-13H,3-4,7-8,10H2,1-2H3;1H/t12-,13+;/m1./s1. The van der Waals surface area contributed by atoms with Gasteiger partial charge in [-0.3, -0.25) is 0 Å². The summed E-state index contributed by atoms with van der Waals surface area (Å²) in [5.41, 5.74) is 4.70. The van der Waals surface area contributed by atoms with Gasteiger partial charge in [-0.05, 0) is 74.9 Å². The van der Waals surface area contributed by atoms with Gasteiger partial charge in [-0.1, -0.05) is 23.2 Å². The van der Waals surface area contributed by atoms with Gasteiger partial charge in [-0.2, -0.15) is 0 Å². The Kier molecular flexibility index (Phi) is 5.08. The van der Waals surface area contributed by atoms with Gasteiger partial charge in [0.25, 0.3) is 0 Å². The molecular weight excluding hydrogens is 345 g/mol. The lowest BCUT2D eigenvalue weighted by molar-refractivity contribution is 0.413. The maximum Gasteiger partial charge on any atom is 0.0591 e.